The van der Waals surface area contributed by atoms with Crippen LogP contribution in [0, 0.1) is 17.8 Å². The summed E-state index contributed by atoms with van der Waals surface area (Å²) in [5.41, 5.74) is 5.29. The summed E-state index contributed by atoms with van der Waals surface area (Å²) in [5, 5.41) is 10.5. The number of nitrogens with two attached hydrogens (primary N) is 1. The summed E-state index contributed by atoms with van der Waals surface area (Å²) < 4.78 is 30.1. The largest absolute Gasteiger partial charge is 0.390 e. The lowest BCUT2D eigenvalue weighted by Crippen LogP contribution is -2.56. The van der Waals surface area contributed by atoms with E-state index in [0.717, 1.165) is 32.1 Å². The van der Waals surface area contributed by atoms with Gasteiger partial charge in [-0.25, -0.2) is 0 Å². The minimum atomic E-state index is -4.07. The Balaban J connectivity index is 1.69. The summed E-state index contributed by atoms with van der Waals surface area (Å²) >= 11 is 0. The summed E-state index contributed by atoms with van der Waals surface area (Å²) in [6, 6.07) is 0.105. The molecule has 4 aliphatic carbocycles. The predicted octanol–water partition coefficient (Wildman–Crippen LogP) is 0.819. The summed E-state index contributed by atoms with van der Waals surface area (Å²) in [4.78, 5) is 4.50. The van der Waals surface area contributed by atoms with Crippen molar-refractivity contribution < 1.29 is 18.1 Å². The summed E-state index contributed by atoms with van der Waals surface area (Å²) in [5.74, 6) is 1.58. The van der Waals surface area contributed by atoms with E-state index in [2.05, 4.69) is 4.99 Å². The number of aliphatic hydroxyl groups is 1. The molecule has 2 atom stereocenters. The Bertz CT molecular complexity index is 518. The Morgan fingerprint density at radius 3 is 2.40 bits per heavy atom. The first kappa shape index (κ1) is 14.6. The SMILES string of the molecule is NC(CSS(=O)(=O)O)=NC1C2CC3CC1CC(O)(C3)C2. The lowest BCUT2D eigenvalue weighted by Gasteiger charge is -2.57. The van der Waals surface area contributed by atoms with E-state index in [0.29, 0.717) is 28.5 Å². The topological polar surface area (TPSA) is 113 Å². The van der Waals surface area contributed by atoms with Crippen LogP contribution in [-0.4, -0.2) is 41.3 Å². The Morgan fingerprint density at radius 1 is 1.30 bits per heavy atom. The minimum absolute atomic E-state index is 0.0114. The molecule has 4 saturated carbocycles. The molecule has 6 nitrogen and oxygen atoms in total. The first-order valence-electron chi connectivity index (χ1n) is 6.90. The van der Waals surface area contributed by atoms with Crippen molar-refractivity contribution in [2.45, 2.75) is 43.7 Å². The van der Waals surface area contributed by atoms with Crippen LogP contribution in [0.25, 0.3) is 0 Å². The van der Waals surface area contributed by atoms with E-state index >= 15 is 0 Å². The van der Waals surface area contributed by atoms with Gasteiger partial charge in [-0.2, -0.15) is 8.42 Å². The average molecular weight is 320 g/mol. The molecule has 4 bridgehead atoms. The van der Waals surface area contributed by atoms with Crippen molar-refractivity contribution in [3.63, 3.8) is 0 Å². The molecule has 2 unspecified atom stereocenters. The number of hydrogen-bond acceptors (Lipinski definition) is 5. The molecule has 0 aromatic heterocycles. The molecule has 0 aromatic carbocycles. The molecule has 4 rings (SSSR count). The van der Waals surface area contributed by atoms with E-state index in [1.54, 1.807) is 0 Å². The number of hydrogen-bond donors (Lipinski definition) is 3. The van der Waals surface area contributed by atoms with Crippen molar-refractivity contribution in [2.75, 3.05) is 5.75 Å². The number of rotatable bonds is 4. The number of nitrogens with zero attached hydrogens (tertiary/aromatic N) is 1. The first-order valence-corrected chi connectivity index (χ1v) is 9.85. The maximum atomic E-state index is 10.7. The predicted molar refractivity (Wildman–Crippen MR) is 77.9 cm³/mol. The highest BCUT2D eigenvalue weighted by Gasteiger charge is 2.54. The third kappa shape index (κ3) is 2.98. The van der Waals surface area contributed by atoms with Gasteiger partial charge in [0.15, 0.2) is 0 Å². The van der Waals surface area contributed by atoms with Crippen molar-refractivity contribution in [3.05, 3.63) is 0 Å². The summed E-state index contributed by atoms with van der Waals surface area (Å²) in [7, 11) is -3.68. The molecule has 0 spiro atoms. The highest BCUT2D eigenvalue weighted by Crippen LogP contribution is 2.56. The van der Waals surface area contributed by atoms with Crippen molar-refractivity contribution >= 4 is 25.8 Å². The number of amidine groups is 1. The Labute approximate surface area is 122 Å². The second kappa shape index (κ2) is 4.86. The van der Waals surface area contributed by atoms with Crippen molar-refractivity contribution in [2.24, 2.45) is 28.5 Å². The molecule has 4 aliphatic rings. The van der Waals surface area contributed by atoms with Gasteiger partial charge in [0.2, 0.25) is 0 Å². The van der Waals surface area contributed by atoms with E-state index in [1.165, 1.54) is 0 Å². The highest BCUT2D eigenvalue weighted by molar-refractivity contribution is 8.70. The quantitative estimate of drug-likeness (QED) is 0.306. The van der Waals surface area contributed by atoms with Gasteiger partial charge in [0.25, 0.3) is 0 Å². The van der Waals surface area contributed by atoms with Crippen LogP contribution in [0.5, 0.6) is 0 Å². The average Bonchev–Trinajstić information content (AvgIpc) is 2.28. The zero-order chi connectivity index (χ0) is 14.5. The third-order valence-corrected chi connectivity index (χ3v) is 6.82. The Kier molecular flexibility index (Phi) is 3.55. The van der Waals surface area contributed by atoms with E-state index in [4.69, 9.17) is 10.3 Å². The second-order valence-corrected chi connectivity index (χ2v) is 9.85. The maximum absolute atomic E-state index is 10.7. The molecule has 0 radical (unpaired) electrons. The summed E-state index contributed by atoms with van der Waals surface area (Å²) in [6.45, 7) is 0. The molecular weight excluding hydrogens is 300 g/mol. The Morgan fingerprint density at radius 2 is 1.90 bits per heavy atom. The van der Waals surface area contributed by atoms with E-state index in [1.807, 2.05) is 0 Å². The standard InChI is InChI=1S/C12H20N2O4S2/c13-10(6-19-20(16,17)18)14-11-8-1-7-2-9(11)5-12(15,3-7)4-8/h7-9,11,15H,1-6H2,(H2,13,14)(H,16,17,18). The molecule has 0 aliphatic heterocycles. The van der Waals surface area contributed by atoms with Crippen LogP contribution in [-0.2, 0) is 9.15 Å². The molecule has 0 saturated heterocycles. The van der Waals surface area contributed by atoms with Crippen molar-refractivity contribution in [1.82, 2.24) is 0 Å². The molecular formula is C12H20N2O4S2. The minimum Gasteiger partial charge on any atom is -0.390 e. The van der Waals surface area contributed by atoms with Gasteiger partial charge >= 0.3 is 9.15 Å². The van der Waals surface area contributed by atoms with Gasteiger partial charge in [0.1, 0.15) is 5.84 Å². The highest BCUT2D eigenvalue weighted by atomic mass is 33.1. The lowest BCUT2D eigenvalue weighted by atomic mass is 9.52. The number of aliphatic imine (C=N–C) groups is 1. The zero-order valence-corrected chi connectivity index (χ0v) is 12.7. The van der Waals surface area contributed by atoms with Gasteiger partial charge in [-0.15, -0.1) is 0 Å². The van der Waals surface area contributed by atoms with Crippen LogP contribution in [0.3, 0.4) is 0 Å². The molecule has 0 amide bonds. The molecule has 0 aromatic rings. The van der Waals surface area contributed by atoms with Crippen LogP contribution < -0.4 is 5.73 Å². The van der Waals surface area contributed by atoms with Crippen LogP contribution in [0.15, 0.2) is 4.99 Å². The van der Waals surface area contributed by atoms with Gasteiger partial charge < -0.3 is 10.8 Å². The van der Waals surface area contributed by atoms with Crippen LogP contribution in [0.1, 0.15) is 32.1 Å². The van der Waals surface area contributed by atoms with Crippen LogP contribution in [0.2, 0.25) is 0 Å². The molecule has 114 valence electrons. The fourth-order valence-corrected chi connectivity index (χ4v) is 5.68. The van der Waals surface area contributed by atoms with Crippen LogP contribution in [0.4, 0.5) is 0 Å². The van der Waals surface area contributed by atoms with Gasteiger partial charge in [-0.05, 0) is 49.9 Å². The first-order chi connectivity index (χ1) is 9.24. The monoisotopic (exact) mass is 320 g/mol. The molecule has 4 N–H and O–H groups in total. The van der Waals surface area contributed by atoms with Crippen molar-refractivity contribution in [3.8, 4) is 0 Å². The van der Waals surface area contributed by atoms with Crippen LogP contribution >= 0.6 is 10.8 Å². The fraction of sp³-hybridized carbons (Fsp3) is 0.917. The Hall–Kier alpha value is -0.310. The normalized spacial score (nSPS) is 44.0. The van der Waals surface area contributed by atoms with Gasteiger partial charge in [-0.1, -0.05) is 0 Å². The van der Waals surface area contributed by atoms with E-state index in [9.17, 15) is 13.5 Å². The van der Waals surface area contributed by atoms with Gasteiger partial charge in [-0.3, -0.25) is 9.55 Å². The maximum Gasteiger partial charge on any atom is 0.320 e. The van der Waals surface area contributed by atoms with E-state index < -0.39 is 14.8 Å². The zero-order valence-electron chi connectivity index (χ0n) is 11.1. The molecule has 20 heavy (non-hydrogen) atoms. The van der Waals surface area contributed by atoms with Gasteiger partial charge in [0, 0.05) is 10.8 Å². The molecule has 4 fully saturated rings. The summed E-state index contributed by atoms with van der Waals surface area (Å²) in [6.07, 6.45) is 4.67. The second-order valence-electron chi connectivity index (χ2n) is 6.50. The smallest absolute Gasteiger partial charge is 0.320 e. The third-order valence-electron chi connectivity index (χ3n) is 4.86. The molecule has 0 heterocycles. The van der Waals surface area contributed by atoms with Crippen molar-refractivity contribution in [1.29, 1.82) is 0 Å². The molecule has 8 heteroatoms. The fourth-order valence-electron chi connectivity index (χ4n) is 4.53. The lowest BCUT2D eigenvalue weighted by molar-refractivity contribution is -0.132. The van der Waals surface area contributed by atoms with E-state index in [-0.39, 0.29) is 17.6 Å². The van der Waals surface area contributed by atoms with Gasteiger partial charge in [0.05, 0.1) is 17.4 Å².